The largest absolute Gasteiger partial charge is 0.466 e. The van der Waals surface area contributed by atoms with E-state index in [9.17, 15) is 9.59 Å². The normalized spacial score (nSPS) is 21.3. The highest BCUT2D eigenvalue weighted by molar-refractivity contribution is 6.01. The minimum absolute atomic E-state index is 0.0175. The molecule has 1 aliphatic heterocycles. The molecule has 1 aliphatic rings. The molecule has 0 saturated carbocycles. The van der Waals surface area contributed by atoms with E-state index in [-0.39, 0.29) is 22.8 Å². The molecule has 0 aliphatic carbocycles. The maximum Gasteiger partial charge on any atom is 0.354 e. The minimum Gasteiger partial charge on any atom is -0.466 e. The molecule has 2 rings (SSSR count). The zero-order chi connectivity index (χ0) is 21.0. The number of allylic oxidation sites excluding steroid dienone is 1. The van der Waals surface area contributed by atoms with Crippen molar-refractivity contribution in [2.75, 3.05) is 27.8 Å². The molecule has 0 aromatic carbocycles. The summed E-state index contributed by atoms with van der Waals surface area (Å²) in [4.78, 5) is 29.9. The van der Waals surface area contributed by atoms with Crippen molar-refractivity contribution in [3.8, 4) is 12.1 Å². The van der Waals surface area contributed by atoms with Gasteiger partial charge in [0.2, 0.25) is 0 Å². The summed E-state index contributed by atoms with van der Waals surface area (Å²) in [5.41, 5.74) is 2.56. The molecule has 2 heterocycles. The molecule has 8 heteroatoms. The topological polar surface area (TPSA) is 119 Å². The summed E-state index contributed by atoms with van der Waals surface area (Å²) in [6, 6.07) is 5.44. The number of aromatic nitrogens is 1. The van der Waals surface area contributed by atoms with E-state index in [4.69, 9.17) is 20.0 Å². The maximum atomic E-state index is 12.6. The summed E-state index contributed by atoms with van der Waals surface area (Å²) < 4.78 is 9.84. The maximum absolute atomic E-state index is 12.6. The number of nitrogens with one attached hydrogen (secondary N) is 1. The number of carbonyl (C=O) groups excluding carboxylic acids is 2. The fourth-order valence-corrected chi connectivity index (χ4v) is 3.50. The number of carbonyl (C=O) groups is 2. The number of nitrogens with zero attached hydrogens (tertiary/aromatic N) is 3. The molecule has 1 aromatic heterocycles. The highest BCUT2D eigenvalue weighted by Crippen LogP contribution is 2.37. The van der Waals surface area contributed by atoms with Gasteiger partial charge in [0.05, 0.1) is 19.8 Å². The number of ether oxygens (including phenoxy) is 2. The van der Waals surface area contributed by atoms with Crippen LogP contribution >= 0.6 is 0 Å². The van der Waals surface area contributed by atoms with E-state index in [1.54, 1.807) is 24.9 Å². The van der Waals surface area contributed by atoms with E-state index in [0.717, 1.165) is 11.3 Å². The lowest BCUT2D eigenvalue weighted by Gasteiger charge is -2.31. The van der Waals surface area contributed by atoms with Gasteiger partial charge in [-0.05, 0) is 17.7 Å². The van der Waals surface area contributed by atoms with Crippen LogP contribution in [0.4, 0.5) is 0 Å². The Balaban J connectivity index is 2.74. The lowest BCUT2D eigenvalue weighted by molar-refractivity contribution is -0.141. The van der Waals surface area contributed by atoms with Crippen molar-refractivity contribution in [1.29, 1.82) is 10.5 Å². The number of fused-ring (bicyclic) bond motifs is 1. The van der Waals surface area contributed by atoms with Gasteiger partial charge in [-0.1, -0.05) is 13.8 Å². The summed E-state index contributed by atoms with van der Waals surface area (Å²) in [7, 11) is 4.24. The molecule has 0 unspecified atom stereocenters. The molecule has 0 bridgehead atoms. The summed E-state index contributed by atoms with van der Waals surface area (Å²) in [6.45, 7) is 4.23. The minimum atomic E-state index is -0.617. The van der Waals surface area contributed by atoms with Crippen molar-refractivity contribution in [1.82, 2.24) is 9.88 Å². The van der Waals surface area contributed by atoms with Crippen LogP contribution in [0.3, 0.4) is 0 Å². The van der Waals surface area contributed by atoms with Crippen LogP contribution in [0.2, 0.25) is 0 Å². The van der Waals surface area contributed by atoms with Gasteiger partial charge in [0.15, 0.2) is 0 Å². The second-order valence-electron chi connectivity index (χ2n) is 6.62. The van der Waals surface area contributed by atoms with Crippen LogP contribution in [-0.4, -0.2) is 49.6 Å². The third kappa shape index (κ3) is 3.77. The number of likely N-dealkylation sites (N-methyl/N-ethyl adjacent to an activating group) is 1. The molecule has 1 aromatic rings. The van der Waals surface area contributed by atoms with Crippen LogP contribution in [-0.2, 0) is 19.1 Å². The van der Waals surface area contributed by atoms with Crippen molar-refractivity contribution in [3.63, 3.8) is 0 Å². The van der Waals surface area contributed by atoms with Crippen LogP contribution in [0, 0.1) is 22.7 Å². The fourth-order valence-electron chi connectivity index (χ4n) is 3.50. The molecular formula is C20H22N4O4. The summed E-state index contributed by atoms with van der Waals surface area (Å²) >= 11 is 0. The Kier molecular flexibility index (Phi) is 6.27. The van der Waals surface area contributed by atoms with Gasteiger partial charge < -0.3 is 19.4 Å². The molecule has 0 saturated heterocycles. The van der Waals surface area contributed by atoms with Gasteiger partial charge in [0, 0.05) is 36.8 Å². The Morgan fingerprint density at radius 1 is 1.21 bits per heavy atom. The summed E-state index contributed by atoms with van der Waals surface area (Å²) in [5, 5.41) is 18.0. The SMILES string of the molecule is COC(=O)/C1=C(\C(=O)OC)N(C)C[C@@H](C)c2[nH]c(C=C(C#N)C#N)cc2[C@H]1C. The van der Waals surface area contributed by atoms with Gasteiger partial charge in [-0.2, -0.15) is 10.5 Å². The van der Waals surface area contributed by atoms with Gasteiger partial charge in [0.1, 0.15) is 23.4 Å². The fraction of sp³-hybridized carbons (Fsp3) is 0.400. The molecule has 28 heavy (non-hydrogen) atoms. The quantitative estimate of drug-likeness (QED) is 0.628. The molecule has 8 nitrogen and oxygen atoms in total. The number of esters is 2. The predicted molar refractivity (Wildman–Crippen MR) is 101 cm³/mol. The van der Waals surface area contributed by atoms with Crippen molar-refractivity contribution in [3.05, 3.63) is 39.9 Å². The number of nitriles is 2. The lowest BCUT2D eigenvalue weighted by atomic mass is 9.86. The Hall–Kier alpha value is -3.52. The van der Waals surface area contributed by atoms with Crippen LogP contribution in [0.25, 0.3) is 6.08 Å². The first-order valence-corrected chi connectivity index (χ1v) is 8.65. The first-order chi connectivity index (χ1) is 13.3. The Bertz CT molecular complexity index is 926. The van der Waals surface area contributed by atoms with E-state index in [2.05, 4.69) is 4.98 Å². The number of methoxy groups -OCH3 is 2. The van der Waals surface area contributed by atoms with Crippen LogP contribution in [0.15, 0.2) is 22.9 Å². The molecule has 2 atom stereocenters. The number of hydrogen-bond acceptors (Lipinski definition) is 7. The highest BCUT2D eigenvalue weighted by Gasteiger charge is 2.35. The second-order valence-corrected chi connectivity index (χ2v) is 6.62. The van der Waals surface area contributed by atoms with Crippen LogP contribution < -0.4 is 0 Å². The van der Waals surface area contributed by atoms with Crippen molar-refractivity contribution >= 4 is 18.0 Å². The summed E-state index contributed by atoms with van der Waals surface area (Å²) in [5.74, 6) is -1.73. The zero-order valence-corrected chi connectivity index (χ0v) is 16.5. The number of rotatable bonds is 3. The average Bonchev–Trinajstić information content (AvgIpc) is 3.11. The first kappa shape index (κ1) is 20.8. The lowest BCUT2D eigenvalue weighted by Crippen LogP contribution is -2.34. The van der Waals surface area contributed by atoms with Crippen LogP contribution in [0.1, 0.15) is 42.6 Å². The van der Waals surface area contributed by atoms with Crippen molar-refractivity contribution in [2.45, 2.75) is 25.7 Å². The van der Waals surface area contributed by atoms with Gasteiger partial charge in [-0.15, -0.1) is 0 Å². The van der Waals surface area contributed by atoms with E-state index < -0.39 is 17.9 Å². The number of H-pyrrole nitrogens is 1. The second kappa shape index (κ2) is 8.45. The predicted octanol–water partition coefficient (Wildman–Crippen LogP) is 2.20. The summed E-state index contributed by atoms with van der Waals surface area (Å²) in [6.07, 6.45) is 1.46. The van der Waals surface area contributed by atoms with Gasteiger partial charge >= 0.3 is 11.9 Å². The Labute approximate surface area is 163 Å². The van der Waals surface area contributed by atoms with E-state index in [1.165, 1.54) is 20.3 Å². The monoisotopic (exact) mass is 382 g/mol. The smallest absolute Gasteiger partial charge is 0.354 e. The molecule has 0 spiro atoms. The van der Waals surface area contributed by atoms with E-state index >= 15 is 0 Å². The molecule has 0 radical (unpaired) electrons. The third-order valence-corrected chi connectivity index (χ3v) is 4.80. The molecule has 0 fully saturated rings. The van der Waals surface area contributed by atoms with Gasteiger partial charge in [-0.25, -0.2) is 9.59 Å². The Morgan fingerprint density at radius 3 is 2.36 bits per heavy atom. The van der Waals surface area contributed by atoms with Gasteiger partial charge in [-0.3, -0.25) is 0 Å². The van der Waals surface area contributed by atoms with Gasteiger partial charge in [0.25, 0.3) is 0 Å². The highest BCUT2D eigenvalue weighted by atomic mass is 16.5. The average molecular weight is 382 g/mol. The number of hydrogen-bond donors (Lipinski definition) is 1. The third-order valence-electron chi connectivity index (χ3n) is 4.80. The first-order valence-electron chi connectivity index (χ1n) is 8.65. The standard InChI is InChI=1S/C20H22N4O4/c1-11-10-24(3)18(20(26)28-5)16(19(25)27-4)12(2)15-7-14(23-17(11)15)6-13(8-21)9-22/h6-7,11-12,23H,10H2,1-5H3/b18-16+/t11-,12-/m1/s1. The van der Waals surface area contributed by atoms with Crippen molar-refractivity contribution in [2.24, 2.45) is 0 Å². The van der Waals surface area contributed by atoms with Crippen molar-refractivity contribution < 1.29 is 19.1 Å². The molecular weight excluding hydrogens is 360 g/mol. The molecule has 0 amide bonds. The Morgan fingerprint density at radius 2 is 1.82 bits per heavy atom. The molecule has 1 N–H and O–H groups in total. The van der Waals surface area contributed by atoms with E-state index in [1.807, 2.05) is 19.1 Å². The zero-order valence-electron chi connectivity index (χ0n) is 16.5. The van der Waals surface area contributed by atoms with E-state index in [0.29, 0.717) is 12.2 Å². The number of aromatic amines is 1. The van der Waals surface area contributed by atoms with Crippen LogP contribution in [0.5, 0.6) is 0 Å². The molecule has 146 valence electrons.